The molecule has 52 heavy (non-hydrogen) atoms. The molecule has 9 rings (SSSR count). The number of hydrogen-bond donors (Lipinski definition) is 0. The van der Waals surface area contributed by atoms with Gasteiger partial charge in [-0.1, -0.05) is 0 Å². The molecule has 5 aliphatic heterocycles. The first kappa shape index (κ1) is 31.2. The number of hydrogen-bond acceptors (Lipinski definition) is 4. The van der Waals surface area contributed by atoms with Gasteiger partial charge in [-0.2, -0.15) is 0 Å². The van der Waals surface area contributed by atoms with E-state index in [0.29, 0.717) is 0 Å². The van der Waals surface area contributed by atoms with Crippen LogP contribution in [-0.4, -0.2) is 22.8 Å². The lowest BCUT2D eigenvalue weighted by Gasteiger charge is -2.15. The Labute approximate surface area is 302 Å². The third kappa shape index (κ3) is 5.80. The van der Waals surface area contributed by atoms with Gasteiger partial charge >= 0.3 is 0 Å². The van der Waals surface area contributed by atoms with Crippen molar-refractivity contribution >= 4 is 45.1 Å². The predicted octanol–water partition coefficient (Wildman–Crippen LogP) is 4.99. The Kier molecular flexibility index (Phi) is 7.51. The summed E-state index contributed by atoms with van der Waals surface area (Å²) in [5.74, 6) is 0. The van der Waals surface area contributed by atoms with Crippen molar-refractivity contribution in [2.45, 2.75) is 0 Å². The SMILES string of the molecule is C[n+]1cccc(C2=CC3=CC4=NC(=CC5=NC(=CC6=NC(=C(c7ccc[n+](C)c7)C2=N3)C(c2ccc[n+](C)c2)=C6c2ccc[n+](C)c2)C=C5)C=C4)c1. The number of aliphatic imine (C=N–C) groups is 4. The average molecular weight is 677 g/mol. The maximum atomic E-state index is 5.63. The van der Waals surface area contributed by atoms with Gasteiger partial charge < -0.3 is 0 Å². The van der Waals surface area contributed by atoms with Gasteiger partial charge in [0.2, 0.25) is 0 Å². The first-order valence-corrected chi connectivity index (χ1v) is 17.3. The summed E-state index contributed by atoms with van der Waals surface area (Å²) in [4.78, 5) is 21.0. The van der Waals surface area contributed by atoms with Gasteiger partial charge in [0.25, 0.3) is 0 Å². The van der Waals surface area contributed by atoms with Gasteiger partial charge in [-0.25, -0.2) is 38.2 Å². The molecule has 4 aromatic rings. The van der Waals surface area contributed by atoms with Crippen LogP contribution in [0.15, 0.2) is 189 Å². The maximum absolute atomic E-state index is 5.63. The van der Waals surface area contributed by atoms with Gasteiger partial charge in [-0.15, -0.1) is 0 Å². The van der Waals surface area contributed by atoms with Crippen LogP contribution in [0.25, 0.3) is 22.3 Å². The van der Waals surface area contributed by atoms with Crippen molar-refractivity contribution in [1.29, 1.82) is 0 Å². The molecule has 0 aromatic carbocycles. The fourth-order valence-corrected chi connectivity index (χ4v) is 7.15. The highest BCUT2D eigenvalue weighted by molar-refractivity contribution is 6.50. The molecular formula is C44H36N8+4. The molecule has 4 aromatic heterocycles. The third-order valence-electron chi connectivity index (χ3n) is 9.42. The monoisotopic (exact) mass is 676 g/mol. The van der Waals surface area contributed by atoms with Gasteiger partial charge in [-0.3, -0.25) is 0 Å². The van der Waals surface area contributed by atoms with Crippen molar-refractivity contribution in [2.24, 2.45) is 48.2 Å². The molecule has 248 valence electrons. The van der Waals surface area contributed by atoms with E-state index in [2.05, 4.69) is 150 Å². The number of aryl methyl sites for hydroxylation is 4. The molecule has 0 unspecified atom stereocenters. The lowest BCUT2D eigenvalue weighted by Crippen LogP contribution is -2.28. The summed E-state index contributed by atoms with van der Waals surface area (Å²) in [6, 6.07) is 17.0. The summed E-state index contributed by atoms with van der Waals surface area (Å²) in [5.41, 5.74) is 14.9. The second kappa shape index (κ2) is 12.5. The minimum Gasteiger partial charge on any atom is -0.249 e. The number of rotatable bonds is 4. The lowest BCUT2D eigenvalue weighted by molar-refractivity contribution is -0.671. The summed E-state index contributed by atoms with van der Waals surface area (Å²) in [6.07, 6.45) is 33.3. The highest BCUT2D eigenvalue weighted by atomic mass is 14.9. The van der Waals surface area contributed by atoms with E-state index in [-0.39, 0.29) is 0 Å². The van der Waals surface area contributed by atoms with E-state index < -0.39 is 0 Å². The van der Waals surface area contributed by atoms with E-state index >= 15 is 0 Å². The summed E-state index contributed by atoms with van der Waals surface area (Å²) in [7, 11) is 8.21. The average Bonchev–Trinajstić information content (AvgIpc) is 3.93. The number of fused-ring (bicyclic) bond motifs is 4. The number of nitrogens with zero attached hydrogens (tertiary/aromatic N) is 8. The molecule has 0 N–H and O–H groups in total. The molecule has 0 saturated heterocycles. The number of pyridine rings is 4. The van der Waals surface area contributed by atoms with Crippen LogP contribution < -0.4 is 18.3 Å². The first-order chi connectivity index (χ1) is 25.3. The minimum absolute atomic E-state index is 0.820. The van der Waals surface area contributed by atoms with E-state index in [1.807, 2.05) is 43.6 Å². The zero-order valence-electron chi connectivity index (χ0n) is 29.4. The Morgan fingerprint density at radius 2 is 0.904 bits per heavy atom. The van der Waals surface area contributed by atoms with E-state index in [1.165, 1.54) is 0 Å². The maximum Gasteiger partial charge on any atom is 0.176 e. The van der Waals surface area contributed by atoms with E-state index in [9.17, 15) is 0 Å². The predicted molar refractivity (Wildman–Crippen MR) is 204 cm³/mol. The van der Waals surface area contributed by atoms with Crippen LogP contribution in [-0.2, 0) is 28.2 Å². The Morgan fingerprint density at radius 1 is 0.423 bits per heavy atom. The van der Waals surface area contributed by atoms with Gasteiger partial charge in [0.05, 0.1) is 51.2 Å². The molecular weight excluding hydrogens is 641 g/mol. The van der Waals surface area contributed by atoms with Crippen LogP contribution in [0.1, 0.15) is 22.3 Å². The van der Waals surface area contributed by atoms with Crippen LogP contribution in [0.4, 0.5) is 0 Å². The molecule has 0 amide bonds. The number of aromatic nitrogens is 4. The Morgan fingerprint density at radius 3 is 1.48 bits per heavy atom. The quantitative estimate of drug-likeness (QED) is 0.274. The van der Waals surface area contributed by atoms with Crippen LogP contribution in [0.2, 0.25) is 0 Å². The van der Waals surface area contributed by atoms with Crippen molar-refractivity contribution in [3.05, 3.63) is 192 Å². The van der Waals surface area contributed by atoms with Crippen molar-refractivity contribution in [2.75, 3.05) is 0 Å². The molecule has 5 aliphatic rings. The second-order valence-corrected chi connectivity index (χ2v) is 13.5. The zero-order chi connectivity index (χ0) is 35.3. The largest absolute Gasteiger partial charge is 0.249 e. The van der Waals surface area contributed by atoms with Crippen molar-refractivity contribution in [3.63, 3.8) is 0 Å². The zero-order valence-corrected chi connectivity index (χ0v) is 29.4. The molecule has 0 atom stereocenters. The fourth-order valence-electron chi connectivity index (χ4n) is 7.15. The van der Waals surface area contributed by atoms with Crippen LogP contribution >= 0.6 is 0 Å². The molecule has 0 saturated carbocycles. The van der Waals surface area contributed by atoms with E-state index in [0.717, 1.165) is 90.2 Å². The second-order valence-electron chi connectivity index (χ2n) is 13.5. The smallest absolute Gasteiger partial charge is 0.176 e. The van der Waals surface area contributed by atoms with Crippen molar-refractivity contribution in [1.82, 2.24) is 0 Å². The molecule has 8 heteroatoms. The minimum atomic E-state index is 0.820. The highest BCUT2D eigenvalue weighted by Crippen LogP contribution is 2.45. The molecule has 9 heterocycles. The summed E-state index contributed by atoms with van der Waals surface area (Å²) < 4.78 is 8.33. The number of allylic oxidation sites excluding steroid dienone is 12. The van der Waals surface area contributed by atoms with E-state index in [4.69, 9.17) is 20.0 Å². The molecule has 0 radical (unpaired) electrons. The first-order valence-electron chi connectivity index (χ1n) is 17.3. The highest BCUT2D eigenvalue weighted by Gasteiger charge is 2.35. The third-order valence-corrected chi connectivity index (χ3v) is 9.42. The molecule has 8 nitrogen and oxygen atoms in total. The molecule has 8 bridgehead atoms. The normalized spacial score (nSPS) is 17.5. The topological polar surface area (TPSA) is 65.0 Å². The summed E-state index contributed by atoms with van der Waals surface area (Å²) >= 11 is 0. The van der Waals surface area contributed by atoms with Gasteiger partial charge in [0.15, 0.2) is 49.6 Å². The Balaban J connectivity index is 1.45. The Bertz CT molecular complexity index is 2650. The Hall–Kier alpha value is -6.80. The van der Waals surface area contributed by atoms with Crippen molar-refractivity contribution < 1.29 is 18.3 Å². The van der Waals surface area contributed by atoms with Gasteiger partial charge in [0.1, 0.15) is 28.2 Å². The lowest BCUT2D eigenvalue weighted by atomic mass is 9.87. The summed E-state index contributed by atoms with van der Waals surface area (Å²) in [6.45, 7) is 0. The van der Waals surface area contributed by atoms with Gasteiger partial charge in [0, 0.05) is 63.2 Å². The molecule has 0 aliphatic carbocycles. The fraction of sp³-hybridized carbons (Fsp3) is 0.0909. The van der Waals surface area contributed by atoms with Crippen LogP contribution in [0.3, 0.4) is 0 Å². The van der Waals surface area contributed by atoms with Crippen LogP contribution in [0, 0.1) is 0 Å². The van der Waals surface area contributed by atoms with Crippen molar-refractivity contribution in [3.8, 4) is 0 Å². The van der Waals surface area contributed by atoms with E-state index in [1.54, 1.807) is 0 Å². The van der Waals surface area contributed by atoms with Crippen LogP contribution in [0.5, 0.6) is 0 Å². The molecule has 0 spiro atoms. The standard InChI is InChI=1S/C44H36N8/c1-49-17-5-9-29(25-49)38-23-37-22-35-14-13-33(45-35)21-34-15-16-36(46-34)24-39-40(30-10-6-18-50(2)26-30)41(31-11-7-19-51(3)27-31)44(48-39)42(43(38)47-37)32-12-8-20-52(4)28-32/h5-28H,1-4H3/q+4. The summed E-state index contributed by atoms with van der Waals surface area (Å²) in [5, 5.41) is 0. The molecule has 0 fully saturated rings. The van der Waals surface area contributed by atoms with Gasteiger partial charge in [-0.05, 0) is 72.9 Å².